The van der Waals surface area contributed by atoms with Gasteiger partial charge in [-0.25, -0.2) is 0 Å². The number of hydrogen-bond donors (Lipinski definition) is 0. The molecule has 1 amide bonds. The first kappa shape index (κ1) is 12.6. The van der Waals surface area contributed by atoms with E-state index in [1.54, 1.807) is 11.8 Å². The molecule has 2 rings (SSSR count). The Morgan fingerprint density at radius 1 is 1.53 bits per heavy atom. The molecule has 1 fully saturated rings. The van der Waals surface area contributed by atoms with Crippen LogP contribution in [0.25, 0.3) is 0 Å². The molecule has 3 nitrogen and oxygen atoms in total. The fourth-order valence-electron chi connectivity index (χ4n) is 2.04. The Bertz CT molecular complexity index is 400. The second-order valence-electron chi connectivity index (χ2n) is 4.86. The minimum atomic E-state index is 0.0624. The summed E-state index contributed by atoms with van der Waals surface area (Å²) in [6.07, 6.45) is 0.646. The molecule has 1 aromatic rings. The van der Waals surface area contributed by atoms with E-state index >= 15 is 0 Å². The van der Waals surface area contributed by atoms with Gasteiger partial charge in [0, 0.05) is 18.7 Å². The number of furan rings is 1. The maximum absolute atomic E-state index is 12.0. The number of hydrogen-bond acceptors (Lipinski definition) is 3. The molecule has 17 heavy (non-hydrogen) atoms. The van der Waals surface area contributed by atoms with Gasteiger partial charge in [0.2, 0.25) is 5.91 Å². The van der Waals surface area contributed by atoms with E-state index in [0.717, 1.165) is 23.8 Å². The summed E-state index contributed by atoms with van der Waals surface area (Å²) >= 11 is 1.79. The highest BCUT2D eigenvalue weighted by molar-refractivity contribution is 7.99. The van der Waals surface area contributed by atoms with Gasteiger partial charge in [-0.3, -0.25) is 4.79 Å². The predicted molar refractivity (Wildman–Crippen MR) is 69.8 cm³/mol. The van der Waals surface area contributed by atoms with Crippen LogP contribution in [-0.2, 0) is 4.79 Å². The van der Waals surface area contributed by atoms with Gasteiger partial charge in [0.15, 0.2) is 0 Å². The molecule has 1 aliphatic rings. The van der Waals surface area contributed by atoms with Crippen molar-refractivity contribution in [2.45, 2.75) is 32.6 Å². The van der Waals surface area contributed by atoms with E-state index in [9.17, 15) is 4.79 Å². The average Bonchev–Trinajstić information content (AvgIpc) is 2.67. The topological polar surface area (TPSA) is 33.5 Å². The largest absolute Gasteiger partial charge is 0.463 e. The molecule has 2 heterocycles. The third-order valence-corrected chi connectivity index (χ3v) is 4.00. The van der Waals surface area contributed by atoms with Crippen molar-refractivity contribution in [3.8, 4) is 0 Å². The maximum Gasteiger partial charge on any atom is 0.224 e. The van der Waals surface area contributed by atoms with Crippen molar-refractivity contribution < 1.29 is 9.21 Å². The van der Waals surface area contributed by atoms with Crippen molar-refractivity contribution in [1.82, 2.24) is 4.90 Å². The molecule has 1 saturated heterocycles. The van der Waals surface area contributed by atoms with E-state index in [1.807, 2.05) is 24.0 Å². The standard InChI is InChI=1S/C13H19NO2S/c1-9(2)8-14-12(15)6-7-17-13(14)11-5-4-10(3)16-11/h4-5,9,13H,6-8H2,1-3H3. The van der Waals surface area contributed by atoms with Crippen LogP contribution in [0.15, 0.2) is 16.5 Å². The first-order valence-electron chi connectivity index (χ1n) is 6.05. The third kappa shape index (κ3) is 2.86. The van der Waals surface area contributed by atoms with Crippen LogP contribution < -0.4 is 0 Å². The zero-order valence-corrected chi connectivity index (χ0v) is 11.4. The summed E-state index contributed by atoms with van der Waals surface area (Å²) in [7, 11) is 0. The lowest BCUT2D eigenvalue weighted by molar-refractivity contribution is -0.132. The fourth-order valence-corrected chi connectivity index (χ4v) is 3.23. The zero-order valence-electron chi connectivity index (χ0n) is 10.6. The molecule has 4 heteroatoms. The smallest absolute Gasteiger partial charge is 0.224 e. The van der Waals surface area contributed by atoms with Crippen molar-refractivity contribution in [2.75, 3.05) is 12.3 Å². The van der Waals surface area contributed by atoms with Crippen molar-refractivity contribution in [2.24, 2.45) is 5.92 Å². The van der Waals surface area contributed by atoms with Crippen molar-refractivity contribution in [3.05, 3.63) is 23.7 Å². The Balaban J connectivity index is 2.20. The van der Waals surface area contributed by atoms with Gasteiger partial charge in [-0.1, -0.05) is 13.8 Å². The second kappa shape index (κ2) is 5.17. The molecule has 1 unspecified atom stereocenters. The van der Waals surface area contributed by atoms with Gasteiger partial charge in [-0.15, -0.1) is 11.8 Å². The number of aryl methyl sites for hydroxylation is 1. The fraction of sp³-hybridized carbons (Fsp3) is 0.615. The van der Waals surface area contributed by atoms with Crippen LogP contribution in [0.4, 0.5) is 0 Å². The maximum atomic E-state index is 12.0. The minimum absolute atomic E-state index is 0.0624. The zero-order chi connectivity index (χ0) is 12.4. The van der Waals surface area contributed by atoms with Crippen molar-refractivity contribution >= 4 is 17.7 Å². The molecule has 0 radical (unpaired) electrons. The molecule has 0 bridgehead atoms. The number of nitrogens with zero attached hydrogens (tertiary/aromatic N) is 1. The van der Waals surface area contributed by atoms with Gasteiger partial charge in [0.25, 0.3) is 0 Å². The first-order valence-corrected chi connectivity index (χ1v) is 7.10. The van der Waals surface area contributed by atoms with Crippen LogP contribution in [0.5, 0.6) is 0 Å². The Hall–Kier alpha value is -0.900. The summed E-state index contributed by atoms with van der Waals surface area (Å²) in [5.74, 6) is 3.43. The van der Waals surface area contributed by atoms with Gasteiger partial charge >= 0.3 is 0 Å². The summed E-state index contributed by atoms with van der Waals surface area (Å²) < 4.78 is 5.67. The van der Waals surface area contributed by atoms with Crippen LogP contribution in [0.3, 0.4) is 0 Å². The monoisotopic (exact) mass is 253 g/mol. The molecule has 0 aliphatic carbocycles. The lowest BCUT2D eigenvalue weighted by Crippen LogP contribution is -2.39. The lowest BCUT2D eigenvalue weighted by atomic mass is 10.2. The predicted octanol–water partition coefficient (Wildman–Crippen LogP) is 3.21. The molecular formula is C13H19NO2S. The van der Waals surface area contributed by atoms with Crippen molar-refractivity contribution in [3.63, 3.8) is 0 Å². The van der Waals surface area contributed by atoms with Gasteiger partial charge in [0.1, 0.15) is 16.9 Å². The average molecular weight is 253 g/mol. The van der Waals surface area contributed by atoms with E-state index in [-0.39, 0.29) is 11.3 Å². The highest BCUT2D eigenvalue weighted by Gasteiger charge is 2.31. The van der Waals surface area contributed by atoms with E-state index in [0.29, 0.717) is 12.3 Å². The summed E-state index contributed by atoms with van der Waals surface area (Å²) in [4.78, 5) is 13.9. The lowest BCUT2D eigenvalue weighted by Gasteiger charge is -2.35. The molecule has 0 spiro atoms. The minimum Gasteiger partial charge on any atom is -0.463 e. The second-order valence-corrected chi connectivity index (χ2v) is 6.05. The van der Waals surface area contributed by atoms with Gasteiger partial charge in [-0.05, 0) is 25.0 Å². The van der Waals surface area contributed by atoms with Crippen molar-refractivity contribution in [1.29, 1.82) is 0 Å². The Kier molecular flexibility index (Phi) is 3.82. The van der Waals surface area contributed by atoms with E-state index < -0.39 is 0 Å². The van der Waals surface area contributed by atoms with E-state index in [1.165, 1.54) is 0 Å². The normalized spacial score (nSPS) is 21.3. The van der Waals surface area contributed by atoms with E-state index in [2.05, 4.69) is 13.8 Å². The summed E-state index contributed by atoms with van der Waals surface area (Å²) in [6, 6.07) is 3.95. The molecule has 1 aromatic heterocycles. The van der Waals surface area contributed by atoms with Gasteiger partial charge in [-0.2, -0.15) is 0 Å². The summed E-state index contributed by atoms with van der Waals surface area (Å²) in [5, 5.41) is 0.0624. The van der Waals surface area contributed by atoms with Crippen LogP contribution >= 0.6 is 11.8 Å². The SMILES string of the molecule is Cc1ccc(C2SCCC(=O)N2CC(C)C)o1. The number of carbonyl (C=O) groups is 1. The molecule has 1 aliphatic heterocycles. The summed E-state index contributed by atoms with van der Waals surface area (Å²) in [5.41, 5.74) is 0. The van der Waals surface area contributed by atoms with Crippen LogP contribution in [-0.4, -0.2) is 23.1 Å². The molecule has 1 atom stereocenters. The van der Waals surface area contributed by atoms with Crippen LogP contribution in [0.2, 0.25) is 0 Å². The van der Waals surface area contributed by atoms with E-state index in [4.69, 9.17) is 4.42 Å². The van der Waals surface area contributed by atoms with Crippen LogP contribution in [0, 0.1) is 12.8 Å². The molecular weight excluding hydrogens is 234 g/mol. The van der Waals surface area contributed by atoms with Gasteiger partial charge < -0.3 is 9.32 Å². The number of carbonyl (C=O) groups excluding carboxylic acids is 1. The quantitative estimate of drug-likeness (QED) is 0.829. The Morgan fingerprint density at radius 3 is 2.88 bits per heavy atom. The Morgan fingerprint density at radius 2 is 2.29 bits per heavy atom. The molecule has 94 valence electrons. The molecule has 0 aromatic carbocycles. The van der Waals surface area contributed by atoms with Crippen LogP contribution in [0.1, 0.15) is 37.2 Å². The third-order valence-electron chi connectivity index (χ3n) is 2.76. The number of thioether (sulfide) groups is 1. The highest BCUT2D eigenvalue weighted by Crippen LogP contribution is 2.38. The number of amides is 1. The first-order chi connectivity index (χ1) is 8.08. The highest BCUT2D eigenvalue weighted by atomic mass is 32.2. The summed E-state index contributed by atoms with van der Waals surface area (Å²) in [6.45, 7) is 7.01. The Labute approximate surface area is 107 Å². The number of rotatable bonds is 3. The van der Waals surface area contributed by atoms with Gasteiger partial charge in [0.05, 0.1) is 0 Å². The molecule has 0 N–H and O–H groups in total. The molecule has 0 saturated carbocycles.